The van der Waals surface area contributed by atoms with Crippen LogP contribution in [-0.2, 0) is 5.75 Å². The molecule has 8 heteroatoms. The third-order valence-corrected chi connectivity index (χ3v) is 7.47. The van der Waals surface area contributed by atoms with Crippen LogP contribution in [-0.4, -0.2) is 24.2 Å². The first-order valence-electron chi connectivity index (χ1n) is 8.26. The molecule has 1 aliphatic rings. The normalized spacial score (nSPS) is 12.5. The summed E-state index contributed by atoms with van der Waals surface area (Å²) in [6, 6.07) is 12.3. The zero-order valence-electron chi connectivity index (χ0n) is 14.6. The largest absolute Gasteiger partial charge is 0.497 e. The predicted molar refractivity (Wildman–Crippen MR) is 113 cm³/mol. The van der Waals surface area contributed by atoms with E-state index in [9.17, 15) is 0 Å². The number of nitrogens with one attached hydrogen (secondary N) is 1. The Hall–Kier alpha value is -2.29. The van der Waals surface area contributed by atoms with Crippen molar-refractivity contribution >= 4 is 54.9 Å². The minimum atomic E-state index is 0.706. The first kappa shape index (κ1) is 16.9. The highest BCUT2D eigenvalue weighted by molar-refractivity contribution is 7.98. The highest BCUT2D eigenvalue weighted by Crippen LogP contribution is 2.45. The van der Waals surface area contributed by atoms with Crippen LogP contribution in [0.3, 0.4) is 0 Å². The van der Waals surface area contributed by atoms with Gasteiger partial charge in [-0.3, -0.25) is 0 Å². The molecule has 0 amide bonds. The smallest absolute Gasteiger partial charge is 0.190 e. The molecule has 0 bridgehead atoms. The van der Waals surface area contributed by atoms with Crippen molar-refractivity contribution in [2.24, 2.45) is 0 Å². The standard InChI is InChI=1S/C19H15N3O2S3/c1-23-10-7-12(24-2)17-14(8-10)26-19(21-17)22-18-20-16-11-5-3-4-6-13(11)25-9-15(16)27-18/h3-8H,9H2,1-2H3,(H,20,21,22). The van der Waals surface area contributed by atoms with Crippen LogP contribution < -0.4 is 14.8 Å². The van der Waals surface area contributed by atoms with Crippen LogP contribution in [0.25, 0.3) is 21.5 Å². The topological polar surface area (TPSA) is 56.3 Å². The molecule has 1 aliphatic heterocycles. The number of ether oxygens (including phenoxy) is 2. The van der Waals surface area contributed by atoms with Gasteiger partial charge in [-0.25, -0.2) is 9.97 Å². The van der Waals surface area contributed by atoms with Crippen LogP contribution >= 0.6 is 34.4 Å². The van der Waals surface area contributed by atoms with Gasteiger partial charge in [0.2, 0.25) is 0 Å². The SMILES string of the molecule is COc1cc(OC)c2nc(Nc3nc4c(s3)CSc3ccccc3-4)sc2c1. The number of thiazole rings is 2. The van der Waals surface area contributed by atoms with Crippen LogP contribution in [0.1, 0.15) is 4.88 Å². The number of aromatic nitrogens is 2. The molecule has 0 spiro atoms. The van der Waals surface area contributed by atoms with Gasteiger partial charge < -0.3 is 14.8 Å². The lowest BCUT2D eigenvalue weighted by Crippen LogP contribution is -1.93. The van der Waals surface area contributed by atoms with Crippen LogP contribution in [0.15, 0.2) is 41.3 Å². The molecule has 0 saturated carbocycles. The number of anilines is 2. The molecule has 5 rings (SSSR count). The molecule has 4 aromatic rings. The molecule has 2 aromatic heterocycles. The van der Waals surface area contributed by atoms with E-state index in [1.54, 1.807) is 36.9 Å². The lowest BCUT2D eigenvalue weighted by Gasteiger charge is -2.13. The van der Waals surface area contributed by atoms with Gasteiger partial charge in [0.1, 0.15) is 17.0 Å². The number of benzene rings is 2. The summed E-state index contributed by atoms with van der Waals surface area (Å²) < 4.78 is 11.8. The lowest BCUT2D eigenvalue weighted by molar-refractivity contribution is 0.397. The van der Waals surface area contributed by atoms with E-state index in [1.165, 1.54) is 15.3 Å². The Morgan fingerprint density at radius 2 is 1.85 bits per heavy atom. The van der Waals surface area contributed by atoms with E-state index >= 15 is 0 Å². The minimum absolute atomic E-state index is 0.706. The molecular weight excluding hydrogens is 398 g/mol. The Bertz CT molecular complexity index is 1150. The second-order valence-corrected chi connectivity index (χ2v) is 9.03. The van der Waals surface area contributed by atoms with Gasteiger partial charge in [0, 0.05) is 27.2 Å². The average molecular weight is 414 g/mol. The molecule has 2 aromatic carbocycles. The van der Waals surface area contributed by atoms with Gasteiger partial charge in [0.25, 0.3) is 0 Å². The quantitative estimate of drug-likeness (QED) is 0.457. The number of rotatable bonds is 4. The van der Waals surface area contributed by atoms with Crippen LogP contribution in [0, 0.1) is 0 Å². The van der Waals surface area contributed by atoms with Gasteiger partial charge in [0.05, 0.1) is 24.6 Å². The van der Waals surface area contributed by atoms with Crippen molar-refractivity contribution < 1.29 is 9.47 Å². The predicted octanol–water partition coefficient (Wildman–Crippen LogP) is 5.79. The van der Waals surface area contributed by atoms with Crippen LogP contribution in [0.5, 0.6) is 11.5 Å². The van der Waals surface area contributed by atoms with Gasteiger partial charge in [-0.1, -0.05) is 29.5 Å². The van der Waals surface area contributed by atoms with Crippen molar-refractivity contribution in [2.45, 2.75) is 10.6 Å². The van der Waals surface area contributed by atoms with E-state index in [1.807, 2.05) is 23.9 Å². The zero-order valence-corrected chi connectivity index (χ0v) is 17.1. The van der Waals surface area contributed by atoms with E-state index in [4.69, 9.17) is 19.4 Å². The fourth-order valence-corrected chi connectivity index (χ4v) is 6.11. The second-order valence-electron chi connectivity index (χ2n) is 5.90. The van der Waals surface area contributed by atoms with Crippen molar-refractivity contribution in [3.8, 4) is 22.8 Å². The number of methoxy groups -OCH3 is 2. The summed E-state index contributed by atoms with van der Waals surface area (Å²) in [5.41, 5.74) is 3.12. The molecule has 136 valence electrons. The number of nitrogens with zero attached hydrogens (tertiary/aromatic N) is 2. The number of hydrogen-bond donors (Lipinski definition) is 1. The molecule has 0 saturated heterocycles. The Kier molecular flexibility index (Phi) is 4.18. The van der Waals surface area contributed by atoms with Crippen LogP contribution in [0.4, 0.5) is 10.3 Å². The molecule has 0 atom stereocenters. The van der Waals surface area contributed by atoms with E-state index in [-0.39, 0.29) is 0 Å². The molecule has 3 heterocycles. The molecule has 0 aliphatic carbocycles. The summed E-state index contributed by atoms with van der Waals surface area (Å²) in [6.45, 7) is 0. The number of thioether (sulfide) groups is 1. The molecule has 0 radical (unpaired) electrons. The summed E-state index contributed by atoms with van der Waals surface area (Å²) in [5, 5.41) is 5.04. The maximum Gasteiger partial charge on any atom is 0.190 e. The Balaban J connectivity index is 1.51. The maximum atomic E-state index is 5.46. The third kappa shape index (κ3) is 2.93. The van der Waals surface area contributed by atoms with E-state index in [2.05, 4.69) is 29.6 Å². The molecule has 27 heavy (non-hydrogen) atoms. The van der Waals surface area contributed by atoms with Crippen molar-refractivity contribution in [1.82, 2.24) is 9.97 Å². The van der Waals surface area contributed by atoms with Gasteiger partial charge in [0.15, 0.2) is 10.3 Å². The second kappa shape index (κ2) is 6.70. The summed E-state index contributed by atoms with van der Waals surface area (Å²) >= 11 is 5.11. The lowest BCUT2D eigenvalue weighted by atomic mass is 10.1. The average Bonchev–Trinajstić information content (AvgIpc) is 3.30. The summed E-state index contributed by atoms with van der Waals surface area (Å²) in [4.78, 5) is 12.1. The summed E-state index contributed by atoms with van der Waals surface area (Å²) in [5.74, 6) is 2.42. The molecule has 0 unspecified atom stereocenters. The van der Waals surface area contributed by atoms with Crippen molar-refractivity contribution in [2.75, 3.05) is 19.5 Å². The molecule has 0 fully saturated rings. The summed E-state index contributed by atoms with van der Waals surface area (Å²) in [6.07, 6.45) is 0. The van der Waals surface area contributed by atoms with E-state index in [0.717, 1.165) is 37.7 Å². The highest BCUT2D eigenvalue weighted by Gasteiger charge is 2.21. The number of fused-ring (bicyclic) bond motifs is 4. The molecular formula is C19H15N3O2S3. The van der Waals surface area contributed by atoms with Gasteiger partial charge >= 0.3 is 0 Å². The molecule has 1 N–H and O–H groups in total. The maximum absolute atomic E-state index is 5.46. The minimum Gasteiger partial charge on any atom is -0.497 e. The first-order chi connectivity index (χ1) is 13.2. The van der Waals surface area contributed by atoms with E-state index < -0.39 is 0 Å². The van der Waals surface area contributed by atoms with Gasteiger partial charge in [-0.05, 0) is 12.1 Å². The Morgan fingerprint density at radius 1 is 1.00 bits per heavy atom. The van der Waals surface area contributed by atoms with Crippen LogP contribution in [0.2, 0.25) is 0 Å². The van der Waals surface area contributed by atoms with Crippen molar-refractivity contribution in [3.63, 3.8) is 0 Å². The van der Waals surface area contributed by atoms with Gasteiger partial charge in [-0.2, -0.15) is 0 Å². The first-order valence-corrected chi connectivity index (χ1v) is 10.9. The van der Waals surface area contributed by atoms with Gasteiger partial charge in [-0.15, -0.1) is 23.1 Å². The molecule has 5 nitrogen and oxygen atoms in total. The number of hydrogen-bond acceptors (Lipinski definition) is 8. The summed E-state index contributed by atoms with van der Waals surface area (Å²) in [7, 11) is 3.29. The zero-order chi connectivity index (χ0) is 18.4. The van der Waals surface area contributed by atoms with Crippen molar-refractivity contribution in [3.05, 3.63) is 41.3 Å². The Labute approximate surface area is 168 Å². The monoisotopic (exact) mass is 413 g/mol. The highest BCUT2D eigenvalue weighted by atomic mass is 32.2. The Morgan fingerprint density at radius 3 is 2.70 bits per heavy atom. The van der Waals surface area contributed by atoms with Crippen molar-refractivity contribution in [1.29, 1.82) is 0 Å². The fraction of sp³-hybridized carbons (Fsp3) is 0.158. The van der Waals surface area contributed by atoms with E-state index in [0.29, 0.717) is 5.75 Å². The third-order valence-electron chi connectivity index (χ3n) is 4.30. The fourth-order valence-electron chi connectivity index (χ4n) is 3.04.